The Kier molecular flexibility index (Phi) is 2.49. The van der Waals surface area contributed by atoms with Crippen molar-refractivity contribution in [1.82, 2.24) is 0 Å². The van der Waals surface area contributed by atoms with Gasteiger partial charge in [0.2, 0.25) is 0 Å². The highest BCUT2D eigenvalue weighted by atomic mass is 19.1. The van der Waals surface area contributed by atoms with Crippen molar-refractivity contribution in [2.75, 3.05) is 0 Å². The Bertz CT molecular complexity index is 438. The quantitative estimate of drug-likeness (QED) is 0.769. The van der Waals surface area contributed by atoms with Gasteiger partial charge in [0.1, 0.15) is 11.9 Å². The molecule has 1 aliphatic rings. The summed E-state index contributed by atoms with van der Waals surface area (Å²) in [5.41, 5.74) is 0.454. The number of ketones is 1. The molecule has 1 aromatic rings. The van der Waals surface area contributed by atoms with Crippen molar-refractivity contribution in [1.29, 1.82) is 0 Å². The van der Waals surface area contributed by atoms with Crippen LogP contribution in [0.15, 0.2) is 18.2 Å². The average Bonchev–Trinajstić information content (AvgIpc) is 2.23. The Balaban J connectivity index is 2.16. The molecule has 1 unspecified atom stereocenters. The van der Waals surface area contributed by atoms with Gasteiger partial charge in [-0.2, -0.15) is 0 Å². The lowest BCUT2D eigenvalue weighted by Gasteiger charge is -2.41. The molecule has 1 aliphatic carbocycles. The molecule has 16 heavy (non-hydrogen) atoms. The summed E-state index contributed by atoms with van der Waals surface area (Å²) < 4.78 is 19.0. The summed E-state index contributed by atoms with van der Waals surface area (Å²) in [5.74, 6) is 0.0388. The van der Waals surface area contributed by atoms with Gasteiger partial charge in [-0.3, -0.25) is 4.79 Å². The number of halogens is 1. The predicted octanol–water partition coefficient (Wildman–Crippen LogP) is 2.88. The van der Waals surface area contributed by atoms with Gasteiger partial charge in [0.25, 0.3) is 0 Å². The van der Waals surface area contributed by atoms with Crippen LogP contribution >= 0.6 is 0 Å². The molecule has 0 bridgehead atoms. The average molecular weight is 222 g/mol. The van der Waals surface area contributed by atoms with E-state index in [-0.39, 0.29) is 23.5 Å². The van der Waals surface area contributed by atoms with Gasteiger partial charge >= 0.3 is 0 Å². The van der Waals surface area contributed by atoms with Crippen LogP contribution in [0, 0.1) is 18.2 Å². The van der Waals surface area contributed by atoms with Crippen molar-refractivity contribution >= 4 is 5.78 Å². The van der Waals surface area contributed by atoms with E-state index in [0.29, 0.717) is 6.42 Å². The maximum atomic E-state index is 13.4. The van der Waals surface area contributed by atoms with Crippen LogP contribution in [-0.4, -0.2) is 11.9 Å². The fraction of sp³-hybridized carbons (Fsp3) is 0.462. The highest BCUT2D eigenvalue weighted by Gasteiger charge is 2.49. The summed E-state index contributed by atoms with van der Waals surface area (Å²) >= 11 is 0. The number of benzene rings is 1. The second-order valence-electron chi connectivity index (χ2n) is 4.89. The maximum absolute atomic E-state index is 13.4. The van der Waals surface area contributed by atoms with Gasteiger partial charge in [0.05, 0.1) is 5.41 Å². The second-order valence-corrected chi connectivity index (χ2v) is 4.89. The van der Waals surface area contributed by atoms with Gasteiger partial charge in [0, 0.05) is 6.42 Å². The first-order valence-electron chi connectivity index (χ1n) is 5.37. The number of Topliss-reactive ketones (excluding diaryl/α,β-unsaturated/α-hetero) is 1. The Morgan fingerprint density at radius 2 is 2.12 bits per heavy atom. The highest BCUT2D eigenvalue weighted by molar-refractivity contribution is 5.91. The molecule has 1 atom stereocenters. The summed E-state index contributed by atoms with van der Waals surface area (Å²) in [4.78, 5) is 11.3. The molecule has 0 amide bonds. The van der Waals surface area contributed by atoms with Gasteiger partial charge in [-0.25, -0.2) is 4.39 Å². The zero-order valence-electron chi connectivity index (χ0n) is 9.71. The fourth-order valence-corrected chi connectivity index (χ4v) is 1.78. The lowest BCUT2D eigenvalue weighted by molar-refractivity contribution is -0.148. The largest absolute Gasteiger partial charge is 0.486 e. The summed E-state index contributed by atoms with van der Waals surface area (Å²) in [7, 11) is 0. The Hall–Kier alpha value is -1.38. The Morgan fingerprint density at radius 3 is 2.69 bits per heavy atom. The Labute approximate surface area is 94.4 Å². The topological polar surface area (TPSA) is 26.3 Å². The first-order valence-corrected chi connectivity index (χ1v) is 5.37. The summed E-state index contributed by atoms with van der Waals surface area (Å²) in [6.45, 7) is 5.54. The van der Waals surface area contributed by atoms with Crippen LogP contribution < -0.4 is 4.74 Å². The predicted molar refractivity (Wildman–Crippen MR) is 59.0 cm³/mol. The molecule has 86 valence electrons. The van der Waals surface area contributed by atoms with Gasteiger partial charge in [-0.15, -0.1) is 0 Å². The standard InChI is InChI=1S/C13H15FO2/c1-8-4-5-9(14)10(6-8)16-12-7-11(15)13(12,2)3/h4-6,12H,7H2,1-3H3. The third-order valence-corrected chi connectivity index (χ3v) is 3.25. The number of aryl methyl sites for hydroxylation is 1. The number of hydrogen-bond acceptors (Lipinski definition) is 2. The van der Waals surface area contributed by atoms with Gasteiger partial charge in [-0.1, -0.05) is 6.07 Å². The van der Waals surface area contributed by atoms with Crippen molar-refractivity contribution in [2.45, 2.75) is 33.3 Å². The van der Waals surface area contributed by atoms with E-state index in [0.717, 1.165) is 5.56 Å². The minimum absolute atomic E-state index is 0.172. The molecule has 0 aliphatic heterocycles. The molecule has 0 N–H and O–H groups in total. The number of ether oxygens (including phenoxy) is 1. The first kappa shape index (κ1) is 11.1. The van der Waals surface area contributed by atoms with Crippen LogP contribution in [-0.2, 0) is 4.79 Å². The third kappa shape index (κ3) is 1.70. The van der Waals surface area contributed by atoms with E-state index in [9.17, 15) is 9.18 Å². The third-order valence-electron chi connectivity index (χ3n) is 3.25. The smallest absolute Gasteiger partial charge is 0.165 e. The van der Waals surface area contributed by atoms with Crippen LogP contribution in [0.1, 0.15) is 25.8 Å². The van der Waals surface area contributed by atoms with Crippen molar-refractivity contribution in [3.05, 3.63) is 29.6 Å². The summed E-state index contributed by atoms with van der Waals surface area (Å²) in [6.07, 6.45) is 0.164. The molecule has 0 heterocycles. The van der Waals surface area contributed by atoms with E-state index in [2.05, 4.69) is 0 Å². The van der Waals surface area contributed by atoms with Crippen molar-refractivity contribution in [3.63, 3.8) is 0 Å². The van der Waals surface area contributed by atoms with Crippen molar-refractivity contribution < 1.29 is 13.9 Å². The van der Waals surface area contributed by atoms with E-state index in [1.165, 1.54) is 6.07 Å². The summed E-state index contributed by atoms with van der Waals surface area (Å²) in [5, 5.41) is 0. The normalized spacial score (nSPS) is 22.8. The van der Waals surface area contributed by atoms with E-state index in [4.69, 9.17) is 4.74 Å². The SMILES string of the molecule is Cc1ccc(F)c(OC2CC(=O)C2(C)C)c1. The number of hydrogen-bond donors (Lipinski definition) is 0. The molecule has 0 spiro atoms. The van der Waals surface area contributed by atoms with Crippen LogP contribution in [0.3, 0.4) is 0 Å². The molecule has 0 aromatic heterocycles. The molecule has 1 fully saturated rings. The molecule has 2 nitrogen and oxygen atoms in total. The molecule has 0 saturated heterocycles. The number of carbonyl (C=O) groups excluding carboxylic acids is 1. The molecular weight excluding hydrogens is 207 g/mol. The molecule has 2 rings (SSSR count). The van der Waals surface area contributed by atoms with Crippen LogP contribution in [0.4, 0.5) is 4.39 Å². The van der Waals surface area contributed by atoms with Crippen LogP contribution in [0.5, 0.6) is 5.75 Å². The highest BCUT2D eigenvalue weighted by Crippen LogP contribution is 2.39. The molecule has 1 aromatic carbocycles. The maximum Gasteiger partial charge on any atom is 0.165 e. The Morgan fingerprint density at radius 1 is 1.44 bits per heavy atom. The molecule has 3 heteroatoms. The lowest BCUT2D eigenvalue weighted by Crippen LogP contribution is -2.53. The fourth-order valence-electron chi connectivity index (χ4n) is 1.78. The number of carbonyl (C=O) groups is 1. The number of rotatable bonds is 2. The van der Waals surface area contributed by atoms with Crippen LogP contribution in [0.2, 0.25) is 0 Å². The molecular formula is C13H15FO2. The van der Waals surface area contributed by atoms with Crippen molar-refractivity contribution in [2.24, 2.45) is 5.41 Å². The first-order chi connectivity index (χ1) is 7.41. The van der Waals surface area contributed by atoms with Crippen molar-refractivity contribution in [3.8, 4) is 5.75 Å². The van der Waals surface area contributed by atoms with E-state index in [1.807, 2.05) is 20.8 Å². The van der Waals surface area contributed by atoms with E-state index < -0.39 is 5.41 Å². The van der Waals surface area contributed by atoms with Gasteiger partial charge in [0.15, 0.2) is 11.6 Å². The minimum Gasteiger partial charge on any atom is -0.486 e. The van der Waals surface area contributed by atoms with E-state index >= 15 is 0 Å². The summed E-state index contributed by atoms with van der Waals surface area (Å²) in [6, 6.07) is 4.74. The molecule has 0 radical (unpaired) electrons. The van der Waals surface area contributed by atoms with Gasteiger partial charge in [-0.05, 0) is 38.5 Å². The lowest BCUT2D eigenvalue weighted by atomic mass is 9.68. The zero-order valence-corrected chi connectivity index (χ0v) is 9.71. The van der Waals surface area contributed by atoms with E-state index in [1.54, 1.807) is 12.1 Å². The minimum atomic E-state index is -0.490. The van der Waals surface area contributed by atoms with Gasteiger partial charge < -0.3 is 4.74 Å². The zero-order chi connectivity index (χ0) is 11.9. The monoisotopic (exact) mass is 222 g/mol. The molecule has 1 saturated carbocycles. The second kappa shape index (κ2) is 3.58. The van der Waals surface area contributed by atoms with Crippen LogP contribution in [0.25, 0.3) is 0 Å².